The molecule has 1 amide bonds. The molecule has 0 aliphatic carbocycles. The van der Waals surface area contributed by atoms with Crippen LogP contribution in [0.2, 0.25) is 5.02 Å². The smallest absolute Gasteiger partial charge is 0.268 e. The van der Waals surface area contributed by atoms with Crippen LogP contribution in [0.5, 0.6) is 17.2 Å². The molecule has 0 bridgehead atoms. The van der Waals surface area contributed by atoms with Crippen LogP contribution in [0.3, 0.4) is 0 Å². The van der Waals surface area contributed by atoms with Gasteiger partial charge in [-0.3, -0.25) is 4.79 Å². The van der Waals surface area contributed by atoms with E-state index in [-0.39, 0.29) is 0 Å². The van der Waals surface area contributed by atoms with Gasteiger partial charge in [0.2, 0.25) is 6.10 Å². The molecular weight excluding hydrogens is 372 g/mol. The summed E-state index contributed by atoms with van der Waals surface area (Å²) in [6.45, 7) is 1.58. The van der Waals surface area contributed by atoms with E-state index in [1.807, 2.05) is 0 Å². The predicted octanol–water partition coefficient (Wildman–Crippen LogP) is 3.74. The molecule has 1 N–H and O–H groups in total. The Morgan fingerprint density at radius 1 is 1.11 bits per heavy atom. The summed E-state index contributed by atoms with van der Waals surface area (Å²) in [4.78, 5) is 17.5. The van der Waals surface area contributed by atoms with Crippen molar-refractivity contribution in [3.63, 3.8) is 0 Å². The number of carbonyl (C=O) groups excluding carboxylic acids is 1. The summed E-state index contributed by atoms with van der Waals surface area (Å²) in [5.41, 5.74) is 1.10. The van der Waals surface area contributed by atoms with Crippen molar-refractivity contribution in [2.45, 2.75) is 13.0 Å². The quantitative estimate of drug-likeness (QED) is 0.547. The molecule has 0 saturated heterocycles. The van der Waals surface area contributed by atoms with Crippen molar-refractivity contribution in [2.24, 2.45) is 5.16 Å². The number of amides is 1. The number of hydrogen-bond acceptors (Lipinski definition) is 6. The second kappa shape index (κ2) is 9.68. The zero-order chi connectivity index (χ0) is 19.8. The molecule has 0 saturated carbocycles. The molecule has 2 aromatic carbocycles. The summed E-state index contributed by atoms with van der Waals surface area (Å²) in [5, 5.41) is 7.04. The van der Waals surface area contributed by atoms with Crippen LogP contribution in [-0.4, -0.2) is 39.6 Å². The molecule has 0 heterocycles. The van der Waals surface area contributed by atoms with Crippen molar-refractivity contribution >= 4 is 29.4 Å². The van der Waals surface area contributed by atoms with Gasteiger partial charge in [0.25, 0.3) is 5.91 Å². The molecule has 2 aromatic rings. The van der Waals surface area contributed by atoms with E-state index in [1.165, 1.54) is 20.4 Å². The molecule has 1 atom stereocenters. The van der Waals surface area contributed by atoms with Gasteiger partial charge < -0.3 is 24.4 Å². The summed E-state index contributed by atoms with van der Waals surface area (Å²) < 4.78 is 15.7. The Hall–Kier alpha value is -2.93. The minimum absolute atomic E-state index is 0.398. The molecule has 0 spiro atoms. The molecule has 2 rings (SSSR count). The van der Waals surface area contributed by atoms with Crippen molar-refractivity contribution in [3.05, 3.63) is 47.0 Å². The molecule has 27 heavy (non-hydrogen) atoms. The van der Waals surface area contributed by atoms with Crippen LogP contribution in [-0.2, 0) is 9.63 Å². The van der Waals surface area contributed by atoms with Gasteiger partial charge in [-0.2, -0.15) is 0 Å². The molecule has 0 aromatic heterocycles. The molecule has 0 radical (unpaired) electrons. The number of rotatable bonds is 8. The highest BCUT2D eigenvalue weighted by atomic mass is 35.5. The van der Waals surface area contributed by atoms with E-state index in [2.05, 4.69) is 10.5 Å². The van der Waals surface area contributed by atoms with Crippen LogP contribution in [0.15, 0.2) is 41.6 Å². The number of oxime groups is 1. The highest BCUT2D eigenvalue weighted by Gasteiger charge is 2.17. The molecule has 0 fully saturated rings. The van der Waals surface area contributed by atoms with E-state index in [4.69, 9.17) is 30.6 Å². The number of anilines is 1. The first-order valence-electron chi connectivity index (χ1n) is 8.04. The molecule has 0 aliphatic rings. The Labute approximate surface area is 162 Å². The molecule has 0 aliphatic heterocycles. The van der Waals surface area contributed by atoms with Crippen LogP contribution in [0, 0.1) is 0 Å². The van der Waals surface area contributed by atoms with Gasteiger partial charge in [0, 0.05) is 10.6 Å². The average molecular weight is 393 g/mol. The van der Waals surface area contributed by atoms with Gasteiger partial charge in [-0.05, 0) is 37.3 Å². The van der Waals surface area contributed by atoms with E-state index in [1.54, 1.807) is 50.4 Å². The predicted molar refractivity (Wildman–Crippen MR) is 104 cm³/mol. The normalized spacial score (nSPS) is 11.7. The Morgan fingerprint density at radius 2 is 1.85 bits per heavy atom. The van der Waals surface area contributed by atoms with Crippen LogP contribution in [0.1, 0.15) is 12.5 Å². The number of para-hydroxylation sites is 1. The van der Waals surface area contributed by atoms with Crippen molar-refractivity contribution in [2.75, 3.05) is 26.6 Å². The lowest BCUT2D eigenvalue weighted by molar-refractivity contribution is -0.126. The van der Waals surface area contributed by atoms with Crippen molar-refractivity contribution in [1.82, 2.24) is 0 Å². The number of methoxy groups -OCH3 is 3. The first-order chi connectivity index (χ1) is 13.0. The number of halogens is 1. The minimum Gasteiger partial charge on any atom is -0.495 e. The van der Waals surface area contributed by atoms with Crippen LogP contribution < -0.4 is 19.5 Å². The number of benzene rings is 2. The molecule has 0 unspecified atom stereocenters. The summed E-state index contributed by atoms with van der Waals surface area (Å²) in [6.07, 6.45) is 0.604. The Bertz CT molecular complexity index is 826. The maximum Gasteiger partial charge on any atom is 0.268 e. The molecular formula is C19H21ClN2O5. The summed E-state index contributed by atoms with van der Waals surface area (Å²) in [6, 6.07) is 10.3. The number of nitrogens with zero attached hydrogens (tertiary/aromatic N) is 1. The third kappa shape index (κ3) is 5.27. The second-order valence-electron chi connectivity index (χ2n) is 5.40. The summed E-state index contributed by atoms with van der Waals surface area (Å²) in [5.74, 6) is 1.18. The van der Waals surface area contributed by atoms with Gasteiger partial charge in [-0.1, -0.05) is 22.8 Å². The van der Waals surface area contributed by atoms with Gasteiger partial charge in [0.15, 0.2) is 11.5 Å². The maximum atomic E-state index is 12.3. The Morgan fingerprint density at radius 3 is 2.52 bits per heavy atom. The third-order valence-corrected chi connectivity index (χ3v) is 3.87. The number of nitrogens with one attached hydrogen (secondary N) is 1. The Balaban J connectivity index is 2.03. The third-order valence-electron chi connectivity index (χ3n) is 3.63. The number of carbonyl (C=O) groups is 1. The zero-order valence-corrected chi connectivity index (χ0v) is 16.2. The minimum atomic E-state index is -0.846. The van der Waals surface area contributed by atoms with Crippen LogP contribution in [0.25, 0.3) is 0 Å². The summed E-state index contributed by atoms with van der Waals surface area (Å²) in [7, 11) is 4.58. The van der Waals surface area contributed by atoms with E-state index < -0.39 is 12.0 Å². The summed E-state index contributed by atoms with van der Waals surface area (Å²) >= 11 is 5.96. The molecule has 7 nitrogen and oxygen atoms in total. The highest BCUT2D eigenvalue weighted by molar-refractivity contribution is 6.31. The van der Waals surface area contributed by atoms with Crippen molar-refractivity contribution in [3.8, 4) is 17.2 Å². The van der Waals surface area contributed by atoms with Gasteiger partial charge >= 0.3 is 0 Å². The van der Waals surface area contributed by atoms with Gasteiger partial charge in [0.1, 0.15) is 5.75 Å². The topological polar surface area (TPSA) is 78.4 Å². The largest absolute Gasteiger partial charge is 0.495 e. The Kier molecular flexibility index (Phi) is 7.31. The van der Waals surface area contributed by atoms with Crippen molar-refractivity contribution < 1.29 is 23.8 Å². The lowest BCUT2D eigenvalue weighted by Gasteiger charge is -2.13. The average Bonchev–Trinajstić information content (AvgIpc) is 2.67. The lowest BCUT2D eigenvalue weighted by atomic mass is 10.2. The fraction of sp³-hybridized carbons (Fsp3) is 0.263. The number of ether oxygens (including phenoxy) is 3. The standard InChI is InChI=1S/C19H21ClN2O5/c1-12(19(23)22-15-10-14(20)8-9-16(15)24-2)27-21-11-13-6-5-7-17(25-3)18(13)26-4/h5-12H,1-4H3,(H,22,23)/b21-11-/t12-/m1/s1. The zero-order valence-electron chi connectivity index (χ0n) is 15.5. The second-order valence-corrected chi connectivity index (χ2v) is 5.84. The first kappa shape index (κ1) is 20.4. The van der Waals surface area contributed by atoms with Crippen molar-refractivity contribution in [1.29, 1.82) is 0 Å². The highest BCUT2D eigenvalue weighted by Crippen LogP contribution is 2.30. The van der Waals surface area contributed by atoms with E-state index in [9.17, 15) is 4.79 Å². The van der Waals surface area contributed by atoms with E-state index in [0.717, 1.165) is 0 Å². The number of hydrogen-bond donors (Lipinski definition) is 1. The van der Waals surface area contributed by atoms with E-state index in [0.29, 0.717) is 33.5 Å². The monoisotopic (exact) mass is 392 g/mol. The van der Waals surface area contributed by atoms with E-state index >= 15 is 0 Å². The SMILES string of the molecule is COc1ccc(Cl)cc1NC(=O)[C@@H](C)O/N=C\c1cccc(OC)c1OC. The van der Waals surface area contributed by atoms with Gasteiger partial charge in [0.05, 0.1) is 33.2 Å². The van der Waals surface area contributed by atoms with Gasteiger partial charge in [-0.15, -0.1) is 0 Å². The molecule has 144 valence electrons. The fourth-order valence-corrected chi connectivity index (χ4v) is 2.42. The fourth-order valence-electron chi connectivity index (χ4n) is 2.25. The lowest BCUT2D eigenvalue weighted by Crippen LogP contribution is -2.26. The maximum absolute atomic E-state index is 12.3. The first-order valence-corrected chi connectivity index (χ1v) is 8.42. The van der Waals surface area contributed by atoms with Crippen LogP contribution >= 0.6 is 11.6 Å². The van der Waals surface area contributed by atoms with Crippen LogP contribution in [0.4, 0.5) is 5.69 Å². The molecule has 8 heteroatoms. The van der Waals surface area contributed by atoms with Gasteiger partial charge in [-0.25, -0.2) is 0 Å².